The zero-order chi connectivity index (χ0) is 38.1. The summed E-state index contributed by atoms with van der Waals surface area (Å²) in [7, 11) is 0. The highest BCUT2D eigenvalue weighted by molar-refractivity contribution is 6.90. The van der Waals surface area contributed by atoms with E-state index in [1.165, 1.54) is 89.0 Å². The molecule has 14 rings (SSSR count). The molecule has 0 amide bonds. The average molecular weight is 739 g/mol. The second kappa shape index (κ2) is 10.5. The van der Waals surface area contributed by atoms with Crippen molar-refractivity contribution in [3.8, 4) is 22.3 Å². The molecule has 0 N–H and O–H groups in total. The highest BCUT2D eigenvalue weighted by atomic mass is 16.3. The molecular weight excluding hydrogens is 703 g/mol. The van der Waals surface area contributed by atoms with E-state index in [9.17, 15) is 0 Å². The molecule has 2 aromatic heterocycles. The van der Waals surface area contributed by atoms with Crippen molar-refractivity contribution in [3.05, 3.63) is 209 Å². The number of nitrogens with zero attached hydrogens (tertiary/aromatic N) is 2. The zero-order valence-corrected chi connectivity index (χ0v) is 32.1. The van der Waals surface area contributed by atoms with Crippen LogP contribution < -0.4 is 15.8 Å². The van der Waals surface area contributed by atoms with Gasteiger partial charge in [-0.1, -0.05) is 172 Å². The molecule has 58 heavy (non-hydrogen) atoms. The summed E-state index contributed by atoms with van der Waals surface area (Å²) in [6.45, 7) is 4.76. The molecule has 270 valence electrons. The van der Waals surface area contributed by atoms with E-state index >= 15 is 0 Å². The molecule has 0 saturated heterocycles. The van der Waals surface area contributed by atoms with Crippen molar-refractivity contribution in [1.82, 2.24) is 4.48 Å². The Labute approximate surface area is 336 Å². The number of aromatic nitrogens is 1. The molecule has 0 unspecified atom stereocenters. The Morgan fingerprint density at radius 2 is 1.16 bits per heavy atom. The van der Waals surface area contributed by atoms with E-state index < -0.39 is 5.41 Å². The maximum atomic E-state index is 7.15. The van der Waals surface area contributed by atoms with Gasteiger partial charge in [0, 0.05) is 49.6 Å². The van der Waals surface area contributed by atoms with Crippen molar-refractivity contribution in [2.24, 2.45) is 0 Å². The average Bonchev–Trinajstić information content (AvgIpc) is 3.90. The van der Waals surface area contributed by atoms with Gasteiger partial charge in [-0.2, -0.15) is 0 Å². The summed E-state index contributed by atoms with van der Waals surface area (Å²) >= 11 is 0. The Morgan fingerprint density at radius 1 is 0.517 bits per heavy atom. The third kappa shape index (κ3) is 3.40. The van der Waals surface area contributed by atoms with Gasteiger partial charge < -0.3 is 13.8 Å². The van der Waals surface area contributed by atoms with Gasteiger partial charge in [0.25, 0.3) is 0 Å². The van der Waals surface area contributed by atoms with E-state index in [1.807, 2.05) is 0 Å². The van der Waals surface area contributed by atoms with Gasteiger partial charge >= 0.3 is 6.85 Å². The SMILES string of the molecule is CC1(C)c2ccccc2-c2c1n1c3c(cccc23)-c2cc3c(oc4ccccc43)c3c2B1c1cccc2c1N3c1ccccc1C2(c1ccccc1)c1ccccc1. The fourth-order valence-electron chi connectivity index (χ4n) is 12.1. The van der Waals surface area contributed by atoms with Crippen LogP contribution in [0.4, 0.5) is 17.1 Å². The third-order valence-electron chi connectivity index (χ3n) is 14.2. The van der Waals surface area contributed by atoms with Crippen molar-refractivity contribution in [1.29, 1.82) is 0 Å². The van der Waals surface area contributed by atoms with Gasteiger partial charge in [-0.3, -0.25) is 0 Å². The van der Waals surface area contributed by atoms with Gasteiger partial charge in [-0.25, -0.2) is 0 Å². The summed E-state index contributed by atoms with van der Waals surface area (Å²) in [5.74, 6) is 0. The molecule has 4 heteroatoms. The molecule has 5 heterocycles. The largest absolute Gasteiger partial charge is 0.454 e. The first-order valence-electron chi connectivity index (χ1n) is 20.5. The highest BCUT2D eigenvalue weighted by Gasteiger charge is 2.54. The minimum atomic E-state index is -0.584. The van der Waals surface area contributed by atoms with Gasteiger partial charge in [-0.05, 0) is 68.1 Å². The Kier molecular flexibility index (Phi) is 5.61. The van der Waals surface area contributed by atoms with Crippen LogP contribution in [0.3, 0.4) is 0 Å². The van der Waals surface area contributed by atoms with Crippen LogP contribution in [0.5, 0.6) is 0 Å². The summed E-state index contributed by atoms with van der Waals surface area (Å²) in [5, 5.41) is 3.63. The minimum Gasteiger partial charge on any atom is -0.454 e. The summed E-state index contributed by atoms with van der Waals surface area (Å²) in [6.07, 6.45) is 0. The van der Waals surface area contributed by atoms with Crippen molar-refractivity contribution >= 4 is 67.7 Å². The Morgan fingerprint density at radius 3 is 1.97 bits per heavy atom. The first-order valence-corrected chi connectivity index (χ1v) is 20.5. The number of anilines is 3. The summed E-state index contributed by atoms with van der Waals surface area (Å²) in [5.41, 5.74) is 21.7. The Hall–Kier alpha value is -7.04. The first-order chi connectivity index (χ1) is 28.6. The van der Waals surface area contributed by atoms with Gasteiger partial charge in [0.15, 0.2) is 5.58 Å². The van der Waals surface area contributed by atoms with Crippen molar-refractivity contribution in [3.63, 3.8) is 0 Å². The molecule has 0 saturated carbocycles. The summed E-state index contributed by atoms with van der Waals surface area (Å²) in [6, 6.07) is 65.7. The van der Waals surface area contributed by atoms with Crippen LogP contribution in [-0.2, 0) is 10.8 Å². The molecule has 0 fully saturated rings. The van der Waals surface area contributed by atoms with Crippen molar-refractivity contribution in [2.75, 3.05) is 4.90 Å². The van der Waals surface area contributed by atoms with E-state index in [4.69, 9.17) is 4.42 Å². The van der Waals surface area contributed by atoms with Crippen molar-refractivity contribution < 1.29 is 4.42 Å². The molecule has 0 spiro atoms. The second-order valence-corrected chi connectivity index (χ2v) is 17.1. The van der Waals surface area contributed by atoms with E-state index in [0.29, 0.717) is 0 Å². The fourth-order valence-corrected chi connectivity index (χ4v) is 12.1. The molecule has 3 nitrogen and oxygen atoms in total. The number of benzene rings is 8. The molecule has 0 radical (unpaired) electrons. The number of rotatable bonds is 2. The number of hydrogen-bond acceptors (Lipinski definition) is 2. The lowest BCUT2D eigenvalue weighted by Gasteiger charge is -2.50. The second-order valence-electron chi connectivity index (χ2n) is 17.1. The predicted molar refractivity (Wildman–Crippen MR) is 239 cm³/mol. The zero-order valence-electron chi connectivity index (χ0n) is 32.1. The maximum Gasteiger partial charge on any atom is 0.333 e. The lowest BCUT2D eigenvalue weighted by atomic mass is 9.43. The smallest absolute Gasteiger partial charge is 0.333 e. The van der Waals surface area contributed by atoms with Crippen LogP contribution >= 0.6 is 0 Å². The van der Waals surface area contributed by atoms with Gasteiger partial charge in [0.05, 0.1) is 16.8 Å². The monoisotopic (exact) mass is 738 g/mol. The molecule has 3 aliphatic heterocycles. The van der Waals surface area contributed by atoms with Gasteiger partial charge in [-0.15, -0.1) is 0 Å². The fraction of sp³-hybridized carbons (Fsp3) is 0.0741. The number of furan rings is 1. The summed E-state index contributed by atoms with van der Waals surface area (Å²) in [4.78, 5) is 2.60. The van der Waals surface area contributed by atoms with Crippen LogP contribution in [0.2, 0.25) is 0 Å². The lowest BCUT2D eigenvalue weighted by molar-refractivity contribution is 0.632. The Bertz CT molecular complexity index is 3410. The van der Waals surface area contributed by atoms with Crippen LogP contribution in [0.15, 0.2) is 180 Å². The quantitative estimate of drug-likeness (QED) is 0.165. The number of para-hydroxylation sites is 4. The third-order valence-corrected chi connectivity index (χ3v) is 14.2. The van der Waals surface area contributed by atoms with Gasteiger partial charge in [0.2, 0.25) is 0 Å². The van der Waals surface area contributed by atoms with Gasteiger partial charge in [0.1, 0.15) is 5.58 Å². The molecule has 0 atom stereocenters. The highest BCUT2D eigenvalue weighted by Crippen LogP contribution is 2.61. The van der Waals surface area contributed by atoms with Crippen LogP contribution in [-0.4, -0.2) is 11.3 Å². The topological polar surface area (TPSA) is 21.3 Å². The van der Waals surface area contributed by atoms with Crippen LogP contribution in [0.25, 0.3) is 55.1 Å². The lowest BCUT2D eigenvalue weighted by Crippen LogP contribution is -2.59. The van der Waals surface area contributed by atoms with Crippen molar-refractivity contribution in [2.45, 2.75) is 24.7 Å². The van der Waals surface area contributed by atoms with E-state index in [-0.39, 0.29) is 12.3 Å². The molecular formula is C54H35BN2O. The molecule has 1 aliphatic carbocycles. The molecule has 10 aromatic rings. The molecule has 0 bridgehead atoms. The standard InChI is InChI=1S/C54H35BN2O/c1-53(2)40-25-11-9-22-36(40)46-37-24-15-23-35-38-31-39-34-21-10-14-30-45(34)58-51(39)50-47(38)55(57(48(35)37)52(46)53)43-28-16-27-42-49(43)56(50)44-29-13-12-26-41(44)54(42,32-17-5-3-6-18-32)33-19-7-4-8-20-33/h3-31H,1-2H3. The van der Waals surface area contributed by atoms with E-state index in [0.717, 1.165) is 27.6 Å². The normalized spacial score (nSPS) is 15.6. The molecule has 8 aromatic carbocycles. The predicted octanol–water partition coefficient (Wildman–Crippen LogP) is 12.0. The summed E-state index contributed by atoms with van der Waals surface area (Å²) < 4.78 is 9.91. The first kappa shape index (κ1) is 31.1. The maximum absolute atomic E-state index is 7.15. The van der Waals surface area contributed by atoms with E-state index in [1.54, 1.807) is 0 Å². The van der Waals surface area contributed by atoms with E-state index in [2.05, 4.69) is 199 Å². The number of fused-ring (bicyclic) bond motifs is 15. The molecule has 4 aliphatic rings. The van der Waals surface area contributed by atoms with Crippen LogP contribution in [0.1, 0.15) is 47.4 Å². The Balaban J connectivity index is 1.22. The number of hydrogen-bond donors (Lipinski definition) is 0. The van der Waals surface area contributed by atoms with Crippen LogP contribution in [0, 0.1) is 0 Å². The minimum absolute atomic E-state index is 0.0990.